The molecule has 6 heteroatoms. The molecule has 22 heavy (non-hydrogen) atoms. The van der Waals surface area contributed by atoms with Crippen molar-refractivity contribution in [2.45, 2.75) is 6.61 Å². The summed E-state index contributed by atoms with van der Waals surface area (Å²) in [5, 5.41) is 9.93. The van der Waals surface area contributed by atoms with Gasteiger partial charge >= 0.3 is 5.97 Å². The van der Waals surface area contributed by atoms with Gasteiger partial charge in [-0.15, -0.1) is 0 Å². The number of nitro groups is 1. The van der Waals surface area contributed by atoms with Gasteiger partial charge in [0, 0.05) is 4.92 Å². The van der Waals surface area contributed by atoms with Crippen molar-refractivity contribution in [3.63, 3.8) is 0 Å². The Morgan fingerprint density at radius 2 is 1.95 bits per heavy atom. The summed E-state index contributed by atoms with van der Waals surface area (Å²) in [6.45, 7) is 0.210. The summed E-state index contributed by atoms with van der Waals surface area (Å²) >= 11 is 0. The number of hydrogen-bond donors (Lipinski definition) is 0. The Balaban J connectivity index is 0.000000183. The smallest absolute Gasteiger partial charge is 0.338 e. The van der Waals surface area contributed by atoms with Crippen molar-refractivity contribution in [1.29, 1.82) is 0 Å². The van der Waals surface area contributed by atoms with Gasteiger partial charge in [-0.25, -0.2) is 4.79 Å². The van der Waals surface area contributed by atoms with Crippen LogP contribution in [0.1, 0.15) is 15.9 Å². The summed E-state index contributed by atoms with van der Waals surface area (Å²) in [4.78, 5) is 20.6. The van der Waals surface area contributed by atoms with E-state index in [-0.39, 0.29) is 13.2 Å². The van der Waals surface area contributed by atoms with E-state index in [2.05, 4.69) is 16.9 Å². The number of rotatable bonds is 4. The molecule has 6 nitrogen and oxygen atoms in total. The predicted octanol–water partition coefficient (Wildman–Crippen LogP) is 2.70. The number of carbonyl (C=O) groups is 1. The Morgan fingerprint density at radius 1 is 1.18 bits per heavy atom. The Morgan fingerprint density at radius 3 is 2.59 bits per heavy atom. The monoisotopic (exact) mass is 301 g/mol. The summed E-state index contributed by atoms with van der Waals surface area (Å²) < 4.78 is 9.84. The zero-order valence-corrected chi connectivity index (χ0v) is 11.8. The molecule has 0 unspecified atom stereocenters. The molecule has 1 aliphatic heterocycles. The number of carbonyl (C=O) groups excluding carboxylic acids is 1. The third-order valence-electron chi connectivity index (χ3n) is 2.82. The quantitative estimate of drug-likeness (QED) is 0.493. The SMILES string of the molecule is O=C(OCC[N+](=O)[O-])c1ccccc1.c1cc2cc(c1)OC2. The lowest BCUT2D eigenvalue weighted by Crippen LogP contribution is -2.13. The highest BCUT2D eigenvalue weighted by atomic mass is 16.6. The van der Waals surface area contributed by atoms with Crippen LogP contribution in [-0.2, 0) is 11.3 Å². The maximum absolute atomic E-state index is 11.2. The van der Waals surface area contributed by atoms with Gasteiger partial charge in [-0.1, -0.05) is 30.3 Å². The molecule has 114 valence electrons. The summed E-state index contributed by atoms with van der Waals surface area (Å²) in [5.41, 5.74) is 1.68. The van der Waals surface area contributed by atoms with E-state index in [9.17, 15) is 14.9 Å². The van der Waals surface area contributed by atoms with Crippen LogP contribution in [0.3, 0.4) is 0 Å². The molecule has 1 heterocycles. The molecule has 0 N–H and O–H groups in total. The molecule has 0 saturated heterocycles. The Labute approximate surface area is 127 Å². The van der Waals surface area contributed by atoms with Crippen LogP contribution in [0.25, 0.3) is 0 Å². The van der Waals surface area contributed by atoms with Crippen LogP contribution in [0.5, 0.6) is 5.75 Å². The molecule has 1 aliphatic rings. The second-order valence-corrected chi connectivity index (χ2v) is 4.49. The van der Waals surface area contributed by atoms with Crippen LogP contribution in [-0.4, -0.2) is 24.0 Å². The molecule has 0 saturated carbocycles. The first kappa shape index (κ1) is 15.5. The van der Waals surface area contributed by atoms with Gasteiger partial charge in [0.2, 0.25) is 6.54 Å². The second-order valence-electron chi connectivity index (χ2n) is 4.49. The Hall–Kier alpha value is -2.89. The maximum atomic E-state index is 11.2. The van der Waals surface area contributed by atoms with Crippen LogP contribution >= 0.6 is 0 Å². The number of hydrogen-bond acceptors (Lipinski definition) is 5. The molecule has 2 aromatic carbocycles. The number of nitrogens with zero attached hydrogens (tertiary/aromatic N) is 1. The first-order chi connectivity index (χ1) is 10.6. The normalized spacial score (nSPS) is 10.9. The van der Waals surface area contributed by atoms with Gasteiger partial charge in [-0.3, -0.25) is 10.1 Å². The standard InChI is InChI=1S/C9H9NO4.C7H6O/c11-9(14-7-6-10(12)13)8-4-2-1-3-5-8;1-2-6-4-7(3-1)8-5-6/h1-5H,6-7H2;1-4H,5H2. The molecule has 0 aliphatic carbocycles. The fourth-order valence-corrected chi connectivity index (χ4v) is 1.76. The highest BCUT2D eigenvalue weighted by Gasteiger charge is 2.07. The average Bonchev–Trinajstić information content (AvgIpc) is 2.86. The van der Waals surface area contributed by atoms with Crippen LogP contribution < -0.4 is 4.74 Å². The van der Waals surface area contributed by atoms with Crippen molar-refractivity contribution >= 4 is 5.97 Å². The lowest BCUT2D eigenvalue weighted by Gasteiger charge is -2.00. The maximum Gasteiger partial charge on any atom is 0.338 e. The van der Waals surface area contributed by atoms with Crippen molar-refractivity contribution in [1.82, 2.24) is 0 Å². The lowest BCUT2D eigenvalue weighted by molar-refractivity contribution is -0.482. The van der Waals surface area contributed by atoms with Gasteiger partial charge < -0.3 is 9.47 Å². The minimum absolute atomic E-state index is 0.194. The fraction of sp³-hybridized carbons (Fsp3) is 0.188. The molecule has 2 bridgehead atoms. The fourth-order valence-electron chi connectivity index (χ4n) is 1.76. The van der Waals surface area contributed by atoms with Crippen LogP contribution in [0.4, 0.5) is 0 Å². The van der Waals surface area contributed by atoms with Gasteiger partial charge in [0.25, 0.3) is 0 Å². The zero-order valence-electron chi connectivity index (χ0n) is 11.8. The first-order valence-electron chi connectivity index (χ1n) is 6.71. The van der Waals surface area contributed by atoms with Crippen molar-refractivity contribution < 1.29 is 19.2 Å². The highest BCUT2D eigenvalue weighted by molar-refractivity contribution is 5.89. The van der Waals surface area contributed by atoms with Crippen molar-refractivity contribution in [3.8, 4) is 5.75 Å². The van der Waals surface area contributed by atoms with E-state index in [1.54, 1.807) is 30.3 Å². The first-order valence-corrected chi connectivity index (χ1v) is 6.71. The lowest BCUT2D eigenvalue weighted by atomic mass is 10.2. The average molecular weight is 301 g/mol. The van der Waals surface area contributed by atoms with E-state index in [0.717, 1.165) is 12.4 Å². The molecule has 0 spiro atoms. The van der Waals surface area contributed by atoms with Crippen LogP contribution in [0, 0.1) is 10.1 Å². The minimum atomic E-state index is -0.535. The molecule has 0 radical (unpaired) electrons. The molecule has 0 atom stereocenters. The minimum Gasteiger partial charge on any atom is -0.489 e. The summed E-state index contributed by atoms with van der Waals surface area (Å²) in [6, 6.07) is 16.5. The van der Waals surface area contributed by atoms with Gasteiger partial charge in [-0.2, -0.15) is 0 Å². The molecule has 0 fully saturated rings. The van der Waals surface area contributed by atoms with E-state index < -0.39 is 10.9 Å². The van der Waals surface area contributed by atoms with Gasteiger partial charge in [0.05, 0.1) is 5.56 Å². The third-order valence-corrected chi connectivity index (χ3v) is 2.82. The molecular formula is C16H15NO5. The van der Waals surface area contributed by atoms with E-state index >= 15 is 0 Å². The highest BCUT2D eigenvalue weighted by Crippen LogP contribution is 2.20. The van der Waals surface area contributed by atoms with Crippen LogP contribution in [0.2, 0.25) is 0 Å². The van der Waals surface area contributed by atoms with Crippen molar-refractivity contribution in [3.05, 3.63) is 75.8 Å². The summed E-state index contributed by atoms with van der Waals surface area (Å²) in [7, 11) is 0. The van der Waals surface area contributed by atoms with E-state index in [4.69, 9.17) is 4.74 Å². The molecule has 0 amide bonds. The van der Waals surface area contributed by atoms with Crippen molar-refractivity contribution in [2.24, 2.45) is 0 Å². The predicted molar refractivity (Wildman–Crippen MR) is 79.4 cm³/mol. The number of fused-ring (bicyclic) bond motifs is 2. The number of esters is 1. The molecular weight excluding hydrogens is 286 g/mol. The van der Waals surface area contributed by atoms with Gasteiger partial charge in [-0.05, 0) is 29.8 Å². The van der Waals surface area contributed by atoms with Crippen molar-refractivity contribution in [2.75, 3.05) is 13.2 Å². The third kappa shape index (κ3) is 4.90. The van der Waals surface area contributed by atoms with E-state index in [1.165, 1.54) is 5.56 Å². The molecule has 3 rings (SSSR count). The number of ether oxygens (including phenoxy) is 2. The molecule has 0 aromatic heterocycles. The van der Waals surface area contributed by atoms with E-state index in [1.807, 2.05) is 12.1 Å². The number of benzene rings is 2. The van der Waals surface area contributed by atoms with Gasteiger partial charge in [0.15, 0.2) is 6.61 Å². The van der Waals surface area contributed by atoms with Crippen LogP contribution in [0.15, 0.2) is 54.6 Å². The van der Waals surface area contributed by atoms with Gasteiger partial charge in [0.1, 0.15) is 12.4 Å². The van der Waals surface area contributed by atoms with E-state index in [0.29, 0.717) is 5.56 Å². The molecule has 2 aromatic rings. The summed E-state index contributed by atoms with van der Waals surface area (Å²) in [5.74, 6) is 0.468. The Bertz CT molecular complexity index is 623. The topological polar surface area (TPSA) is 78.7 Å². The Kier molecular flexibility index (Phi) is 5.48. The zero-order chi connectivity index (χ0) is 15.8. The summed E-state index contributed by atoms with van der Waals surface area (Å²) in [6.07, 6.45) is 0. The largest absolute Gasteiger partial charge is 0.489 e. The second kappa shape index (κ2) is 7.78.